The lowest BCUT2D eigenvalue weighted by atomic mass is 10.1. The van der Waals surface area contributed by atoms with Gasteiger partial charge in [-0.05, 0) is 42.7 Å². The Hall–Kier alpha value is -2.42. The van der Waals surface area contributed by atoms with E-state index < -0.39 is 0 Å². The Balaban J connectivity index is 0.00000300. The van der Waals surface area contributed by atoms with Gasteiger partial charge in [0.25, 0.3) is 0 Å². The van der Waals surface area contributed by atoms with Gasteiger partial charge in [-0.25, -0.2) is 14.4 Å². The number of halogens is 2. The maximum Gasteiger partial charge on any atom is 0.191 e. The number of benzene rings is 2. The Kier molecular flexibility index (Phi) is 9.11. The molecule has 0 amide bonds. The fourth-order valence-corrected chi connectivity index (χ4v) is 2.89. The van der Waals surface area contributed by atoms with Crippen LogP contribution >= 0.6 is 24.0 Å². The summed E-state index contributed by atoms with van der Waals surface area (Å²) in [5.41, 5.74) is 3.37. The molecule has 0 aliphatic rings. The van der Waals surface area contributed by atoms with E-state index in [-0.39, 0.29) is 29.8 Å². The second-order valence-electron chi connectivity index (χ2n) is 6.60. The lowest BCUT2D eigenvalue weighted by Gasteiger charge is -2.12. The third-order valence-corrected chi connectivity index (χ3v) is 4.41. The fourth-order valence-electron chi connectivity index (χ4n) is 2.89. The van der Waals surface area contributed by atoms with Gasteiger partial charge in [-0.3, -0.25) is 0 Å². The van der Waals surface area contributed by atoms with Gasteiger partial charge in [0, 0.05) is 32.0 Å². The molecule has 1 aromatic heterocycles. The largest absolute Gasteiger partial charge is 0.357 e. The lowest BCUT2D eigenvalue weighted by molar-refractivity contribution is 0.626. The SMILES string of the molecule is CCNC(=NCc1cccc(Cn2ccnc2C)c1)NCc1ccc(F)cc1.I. The van der Waals surface area contributed by atoms with E-state index in [1.54, 1.807) is 12.1 Å². The molecular weight excluding hydrogens is 480 g/mol. The van der Waals surface area contributed by atoms with E-state index in [4.69, 9.17) is 0 Å². The molecule has 0 aliphatic carbocycles. The highest BCUT2D eigenvalue weighted by Gasteiger charge is 2.02. The number of aromatic nitrogens is 2. The lowest BCUT2D eigenvalue weighted by Crippen LogP contribution is -2.36. The van der Waals surface area contributed by atoms with Crippen molar-refractivity contribution in [2.24, 2.45) is 4.99 Å². The topological polar surface area (TPSA) is 54.2 Å². The summed E-state index contributed by atoms with van der Waals surface area (Å²) >= 11 is 0. The normalized spacial score (nSPS) is 11.1. The standard InChI is InChI=1S/C22H26FN5.HI/c1-3-24-22(26-14-18-7-9-21(23)10-8-18)27-15-19-5-4-6-20(13-19)16-28-12-11-25-17(28)2;/h4-13H,3,14-16H2,1-2H3,(H2,24,26,27);1H. The maximum atomic E-state index is 13.0. The highest BCUT2D eigenvalue weighted by molar-refractivity contribution is 14.0. The van der Waals surface area contributed by atoms with Crippen LogP contribution in [-0.2, 0) is 19.6 Å². The molecule has 0 radical (unpaired) electrons. The molecule has 0 fully saturated rings. The summed E-state index contributed by atoms with van der Waals surface area (Å²) in [6.45, 7) is 6.77. The summed E-state index contributed by atoms with van der Waals surface area (Å²) in [5.74, 6) is 1.51. The number of imidazole rings is 1. The predicted molar refractivity (Wildman–Crippen MR) is 126 cm³/mol. The molecule has 7 heteroatoms. The first-order valence-electron chi connectivity index (χ1n) is 9.46. The van der Waals surface area contributed by atoms with Crippen LogP contribution in [0.1, 0.15) is 29.4 Å². The molecule has 3 rings (SSSR count). The first kappa shape index (κ1) is 22.9. The molecule has 0 unspecified atom stereocenters. The molecule has 0 saturated heterocycles. The quantitative estimate of drug-likeness (QED) is 0.286. The van der Waals surface area contributed by atoms with Gasteiger partial charge in [-0.2, -0.15) is 0 Å². The van der Waals surface area contributed by atoms with Crippen molar-refractivity contribution in [2.45, 2.75) is 33.5 Å². The van der Waals surface area contributed by atoms with Gasteiger partial charge in [0.1, 0.15) is 11.6 Å². The van der Waals surface area contributed by atoms with Crippen LogP contribution in [0, 0.1) is 12.7 Å². The maximum absolute atomic E-state index is 13.0. The Morgan fingerprint density at radius 3 is 2.52 bits per heavy atom. The third-order valence-electron chi connectivity index (χ3n) is 4.41. The van der Waals surface area contributed by atoms with Crippen LogP contribution in [-0.4, -0.2) is 22.1 Å². The van der Waals surface area contributed by atoms with E-state index in [1.165, 1.54) is 17.7 Å². The smallest absolute Gasteiger partial charge is 0.191 e. The van der Waals surface area contributed by atoms with E-state index in [2.05, 4.69) is 49.4 Å². The van der Waals surface area contributed by atoms with Crippen molar-refractivity contribution < 1.29 is 4.39 Å². The van der Waals surface area contributed by atoms with Gasteiger partial charge in [-0.1, -0.05) is 36.4 Å². The summed E-state index contributed by atoms with van der Waals surface area (Å²) < 4.78 is 15.1. The van der Waals surface area contributed by atoms with E-state index in [0.717, 1.165) is 36.0 Å². The number of hydrogen-bond donors (Lipinski definition) is 2. The van der Waals surface area contributed by atoms with Gasteiger partial charge in [0.05, 0.1) is 6.54 Å². The average molecular weight is 507 g/mol. The van der Waals surface area contributed by atoms with Crippen LogP contribution in [0.4, 0.5) is 4.39 Å². The zero-order chi connectivity index (χ0) is 19.8. The third kappa shape index (κ3) is 7.16. The number of guanidine groups is 1. The minimum absolute atomic E-state index is 0. The molecule has 0 saturated carbocycles. The molecule has 154 valence electrons. The molecule has 5 nitrogen and oxygen atoms in total. The van der Waals surface area contributed by atoms with Crippen LogP contribution in [0.3, 0.4) is 0 Å². The van der Waals surface area contributed by atoms with Gasteiger partial charge in [-0.15, -0.1) is 24.0 Å². The highest BCUT2D eigenvalue weighted by Crippen LogP contribution is 2.10. The van der Waals surface area contributed by atoms with Crippen molar-refractivity contribution in [3.8, 4) is 0 Å². The highest BCUT2D eigenvalue weighted by atomic mass is 127. The van der Waals surface area contributed by atoms with E-state index in [0.29, 0.717) is 13.1 Å². The molecule has 0 bridgehead atoms. The van der Waals surface area contributed by atoms with Crippen LogP contribution in [0.5, 0.6) is 0 Å². The second kappa shape index (κ2) is 11.5. The van der Waals surface area contributed by atoms with Crippen LogP contribution in [0.15, 0.2) is 65.9 Å². The fraction of sp³-hybridized carbons (Fsp3) is 0.273. The molecule has 0 spiro atoms. The number of aliphatic imine (C=N–C) groups is 1. The second-order valence-corrected chi connectivity index (χ2v) is 6.60. The van der Waals surface area contributed by atoms with Crippen LogP contribution in [0.25, 0.3) is 0 Å². The van der Waals surface area contributed by atoms with E-state index in [1.807, 2.05) is 26.2 Å². The minimum atomic E-state index is -0.227. The first-order chi connectivity index (χ1) is 13.6. The Morgan fingerprint density at radius 2 is 1.83 bits per heavy atom. The summed E-state index contributed by atoms with van der Waals surface area (Å²) in [7, 11) is 0. The zero-order valence-corrected chi connectivity index (χ0v) is 19.1. The number of aryl methyl sites for hydroxylation is 1. The van der Waals surface area contributed by atoms with Crippen molar-refractivity contribution >= 4 is 29.9 Å². The van der Waals surface area contributed by atoms with E-state index in [9.17, 15) is 4.39 Å². The monoisotopic (exact) mass is 507 g/mol. The average Bonchev–Trinajstić information content (AvgIpc) is 3.10. The summed E-state index contributed by atoms with van der Waals surface area (Å²) in [5, 5.41) is 6.53. The van der Waals surface area contributed by atoms with Crippen LogP contribution in [0.2, 0.25) is 0 Å². The molecule has 2 aromatic carbocycles. The van der Waals surface area contributed by atoms with Gasteiger partial charge < -0.3 is 15.2 Å². The molecule has 0 aliphatic heterocycles. The Morgan fingerprint density at radius 1 is 1.07 bits per heavy atom. The van der Waals surface area contributed by atoms with Crippen molar-refractivity contribution in [3.05, 3.63) is 89.3 Å². The molecular formula is C22H27FIN5. The van der Waals surface area contributed by atoms with Gasteiger partial charge in [0.15, 0.2) is 5.96 Å². The molecule has 1 heterocycles. The molecule has 2 N–H and O–H groups in total. The molecule has 29 heavy (non-hydrogen) atoms. The zero-order valence-electron chi connectivity index (χ0n) is 16.7. The van der Waals surface area contributed by atoms with E-state index >= 15 is 0 Å². The predicted octanol–water partition coefficient (Wildman–Crippen LogP) is 4.25. The van der Waals surface area contributed by atoms with Crippen molar-refractivity contribution in [1.82, 2.24) is 20.2 Å². The minimum Gasteiger partial charge on any atom is -0.357 e. The van der Waals surface area contributed by atoms with Gasteiger partial charge in [0.2, 0.25) is 0 Å². The number of nitrogens with one attached hydrogen (secondary N) is 2. The van der Waals surface area contributed by atoms with Gasteiger partial charge >= 0.3 is 0 Å². The number of nitrogens with zero attached hydrogens (tertiary/aromatic N) is 3. The summed E-state index contributed by atoms with van der Waals surface area (Å²) in [4.78, 5) is 8.94. The van der Waals surface area contributed by atoms with Crippen molar-refractivity contribution in [2.75, 3.05) is 6.54 Å². The number of rotatable bonds is 7. The van der Waals surface area contributed by atoms with Crippen molar-refractivity contribution in [1.29, 1.82) is 0 Å². The number of hydrogen-bond acceptors (Lipinski definition) is 2. The first-order valence-corrected chi connectivity index (χ1v) is 9.46. The summed E-state index contributed by atoms with van der Waals surface area (Å²) in [6.07, 6.45) is 3.81. The molecule has 0 atom stereocenters. The Bertz CT molecular complexity index is 921. The Labute approximate surface area is 188 Å². The summed E-state index contributed by atoms with van der Waals surface area (Å²) in [6, 6.07) is 14.9. The molecule has 3 aromatic rings. The van der Waals surface area contributed by atoms with Crippen molar-refractivity contribution in [3.63, 3.8) is 0 Å². The van der Waals surface area contributed by atoms with Crippen LogP contribution < -0.4 is 10.6 Å².